The Morgan fingerprint density at radius 1 is 1.42 bits per heavy atom. The maximum Gasteiger partial charge on any atom is 0.227 e. The molecule has 0 atom stereocenters. The second-order valence-corrected chi connectivity index (χ2v) is 4.03. The Labute approximate surface area is 137 Å². The summed E-state index contributed by atoms with van der Waals surface area (Å²) >= 11 is 0. The Hall–Kier alpha value is -1.07. The number of benzene rings is 1. The second kappa shape index (κ2) is 6.92. The minimum Gasteiger partial charge on any atom is -0.301 e. The molecule has 5 nitrogen and oxygen atoms in total. The van der Waals surface area contributed by atoms with E-state index in [1.807, 2.05) is 26.8 Å². The van der Waals surface area contributed by atoms with Crippen LogP contribution in [0.3, 0.4) is 0 Å². The number of hydrogen-bond donors (Lipinski definition) is 1. The summed E-state index contributed by atoms with van der Waals surface area (Å²) in [6, 6.07) is 6.79. The fourth-order valence-corrected chi connectivity index (χ4v) is 1.75. The predicted molar refractivity (Wildman–Crippen MR) is 68.4 cm³/mol. The van der Waals surface area contributed by atoms with Gasteiger partial charge in [-0.3, -0.25) is 4.79 Å². The SMILES string of the molecule is CCn1ncnc1NC(=O)c1ccc(C)[c-]c1C.[Y]. The van der Waals surface area contributed by atoms with Crippen molar-refractivity contribution < 1.29 is 37.5 Å². The maximum absolute atomic E-state index is 12.1. The maximum atomic E-state index is 12.1. The number of nitrogens with zero attached hydrogens (tertiary/aromatic N) is 3. The Kier molecular flexibility index (Phi) is 5.82. The number of aryl methyl sites for hydroxylation is 3. The van der Waals surface area contributed by atoms with Gasteiger partial charge in [0, 0.05) is 39.3 Å². The van der Waals surface area contributed by atoms with Crippen LogP contribution in [0.4, 0.5) is 5.95 Å². The fourth-order valence-electron chi connectivity index (χ4n) is 1.75. The average molecular weight is 332 g/mol. The van der Waals surface area contributed by atoms with Crippen molar-refractivity contribution in [1.29, 1.82) is 0 Å². The summed E-state index contributed by atoms with van der Waals surface area (Å²) in [5.74, 6) is 0.272. The van der Waals surface area contributed by atoms with Crippen LogP contribution in [0.25, 0.3) is 0 Å². The summed E-state index contributed by atoms with van der Waals surface area (Å²) < 4.78 is 1.63. The smallest absolute Gasteiger partial charge is 0.227 e. The van der Waals surface area contributed by atoms with Crippen molar-refractivity contribution >= 4 is 11.9 Å². The molecule has 97 valence electrons. The van der Waals surface area contributed by atoms with E-state index in [4.69, 9.17) is 0 Å². The van der Waals surface area contributed by atoms with Gasteiger partial charge in [0.1, 0.15) is 6.33 Å². The quantitative estimate of drug-likeness (QED) is 0.874. The summed E-state index contributed by atoms with van der Waals surface area (Å²) in [4.78, 5) is 16.1. The molecule has 1 radical (unpaired) electrons. The van der Waals surface area contributed by atoms with Gasteiger partial charge in [0.05, 0.1) is 0 Å². The third-order valence-electron chi connectivity index (χ3n) is 2.67. The van der Waals surface area contributed by atoms with Gasteiger partial charge < -0.3 is 5.32 Å². The van der Waals surface area contributed by atoms with Crippen LogP contribution in [0.1, 0.15) is 28.4 Å². The molecule has 1 N–H and O–H groups in total. The largest absolute Gasteiger partial charge is 0.301 e. The molecule has 0 saturated heterocycles. The van der Waals surface area contributed by atoms with Crippen molar-refractivity contribution in [1.82, 2.24) is 14.8 Å². The number of hydrogen-bond acceptors (Lipinski definition) is 3. The van der Waals surface area contributed by atoms with Gasteiger partial charge in [-0.25, -0.2) is 4.68 Å². The van der Waals surface area contributed by atoms with Crippen molar-refractivity contribution in [2.75, 3.05) is 5.32 Å². The van der Waals surface area contributed by atoms with Crippen molar-refractivity contribution in [2.24, 2.45) is 0 Å². The first-order valence-corrected chi connectivity index (χ1v) is 5.80. The van der Waals surface area contributed by atoms with Crippen LogP contribution < -0.4 is 5.32 Å². The molecule has 0 unspecified atom stereocenters. The van der Waals surface area contributed by atoms with Gasteiger partial charge in [0.2, 0.25) is 11.9 Å². The molecule has 0 aliphatic rings. The number of nitrogens with one attached hydrogen (secondary N) is 1. The van der Waals surface area contributed by atoms with Crippen LogP contribution in [0.5, 0.6) is 0 Å². The van der Waals surface area contributed by atoms with E-state index in [-0.39, 0.29) is 38.6 Å². The van der Waals surface area contributed by atoms with Gasteiger partial charge in [-0.2, -0.15) is 39.4 Å². The third-order valence-corrected chi connectivity index (χ3v) is 2.67. The van der Waals surface area contributed by atoms with Crippen LogP contribution in [0, 0.1) is 19.9 Å². The van der Waals surface area contributed by atoms with E-state index in [0.29, 0.717) is 18.1 Å². The monoisotopic (exact) mass is 332 g/mol. The van der Waals surface area contributed by atoms with Crippen LogP contribution in [-0.2, 0) is 39.3 Å². The molecule has 0 bridgehead atoms. The zero-order chi connectivity index (χ0) is 13.1. The minimum absolute atomic E-state index is 0. The summed E-state index contributed by atoms with van der Waals surface area (Å²) in [6.45, 7) is 6.42. The topological polar surface area (TPSA) is 59.8 Å². The molecule has 0 aliphatic carbocycles. The first kappa shape index (κ1) is 16.0. The standard InChI is InChI=1S/C13H15N4O.Y/c1-4-17-13(14-8-15-17)16-12(18)11-6-5-9(2)7-10(11)3;/h5-6,8H,4H2,1-3H3,(H,14,15,16,18);/q-1;. The molecule has 1 heterocycles. The first-order valence-electron chi connectivity index (χ1n) is 5.80. The molecular formula is C13H15N4OY-. The summed E-state index contributed by atoms with van der Waals surface area (Å²) in [6.07, 6.45) is 1.42. The van der Waals surface area contributed by atoms with Gasteiger partial charge in [-0.05, 0) is 6.92 Å². The second-order valence-electron chi connectivity index (χ2n) is 4.03. The molecule has 2 aromatic rings. The van der Waals surface area contributed by atoms with Crippen molar-refractivity contribution in [2.45, 2.75) is 27.3 Å². The van der Waals surface area contributed by atoms with Crippen LogP contribution >= 0.6 is 0 Å². The zero-order valence-electron chi connectivity index (χ0n) is 11.3. The Morgan fingerprint density at radius 3 is 2.79 bits per heavy atom. The summed E-state index contributed by atoms with van der Waals surface area (Å²) in [5.41, 5.74) is 2.45. The third kappa shape index (κ3) is 3.70. The number of anilines is 1. The predicted octanol–water partition coefficient (Wildman–Crippen LogP) is 1.96. The van der Waals surface area contributed by atoms with Crippen molar-refractivity contribution in [3.63, 3.8) is 0 Å². The molecule has 6 heteroatoms. The van der Waals surface area contributed by atoms with E-state index >= 15 is 0 Å². The van der Waals surface area contributed by atoms with E-state index in [1.165, 1.54) is 6.33 Å². The molecule has 1 aromatic carbocycles. The fraction of sp³-hybridized carbons (Fsp3) is 0.308. The molecule has 2 rings (SSSR count). The molecule has 0 fully saturated rings. The molecule has 0 spiro atoms. The van der Waals surface area contributed by atoms with Gasteiger partial charge in [-0.1, -0.05) is 19.4 Å². The Bertz CT molecular complexity index is 580. The summed E-state index contributed by atoms with van der Waals surface area (Å²) in [7, 11) is 0. The number of carbonyl (C=O) groups excluding carboxylic acids is 1. The molecule has 1 amide bonds. The van der Waals surface area contributed by atoms with E-state index in [9.17, 15) is 4.79 Å². The molecule has 1 aromatic heterocycles. The van der Waals surface area contributed by atoms with E-state index in [0.717, 1.165) is 11.1 Å². The number of rotatable bonds is 3. The zero-order valence-corrected chi connectivity index (χ0v) is 14.1. The first-order chi connectivity index (χ1) is 8.61. The van der Waals surface area contributed by atoms with E-state index in [2.05, 4.69) is 21.5 Å². The Balaban J connectivity index is 0.00000180. The van der Waals surface area contributed by atoms with Gasteiger partial charge in [-0.15, -0.1) is 0 Å². The molecule has 19 heavy (non-hydrogen) atoms. The van der Waals surface area contributed by atoms with Crippen LogP contribution in [0.15, 0.2) is 18.5 Å². The normalized spacial score (nSPS) is 9.84. The molecule has 0 saturated carbocycles. The average Bonchev–Trinajstić information content (AvgIpc) is 2.76. The number of carbonyl (C=O) groups is 1. The van der Waals surface area contributed by atoms with Crippen molar-refractivity contribution in [3.05, 3.63) is 41.2 Å². The van der Waals surface area contributed by atoms with Gasteiger partial charge in [0.25, 0.3) is 0 Å². The number of aromatic nitrogens is 3. The van der Waals surface area contributed by atoms with E-state index < -0.39 is 0 Å². The Morgan fingerprint density at radius 2 is 2.16 bits per heavy atom. The number of amides is 1. The van der Waals surface area contributed by atoms with Crippen LogP contribution in [0.2, 0.25) is 0 Å². The minimum atomic E-state index is -0.188. The van der Waals surface area contributed by atoms with Crippen LogP contribution in [-0.4, -0.2) is 20.7 Å². The van der Waals surface area contributed by atoms with E-state index in [1.54, 1.807) is 10.7 Å². The summed E-state index contributed by atoms with van der Waals surface area (Å²) in [5, 5.41) is 6.75. The molecule has 0 aliphatic heterocycles. The van der Waals surface area contributed by atoms with Gasteiger partial charge in [0.15, 0.2) is 0 Å². The van der Waals surface area contributed by atoms with Gasteiger partial charge >= 0.3 is 0 Å². The molecular weight excluding hydrogens is 317 g/mol. The van der Waals surface area contributed by atoms with Crippen molar-refractivity contribution in [3.8, 4) is 0 Å².